The lowest BCUT2D eigenvalue weighted by Crippen LogP contribution is -2.12. The molecule has 0 amide bonds. The number of aromatic nitrogens is 4. The first-order valence-corrected chi connectivity index (χ1v) is 8.15. The molecule has 1 N–H and O–H groups in total. The number of aromatic amines is 1. The van der Waals surface area contributed by atoms with Gasteiger partial charge in [0.15, 0.2) is 11.5 Å². The van der Waals surface area contributed by atoms with Gasteiger partial charge >= 0.3 is 0 Å². The first-order chi connectivity index (χ1) is 12.1. The number of nitrogens with one attached hydrogen (secondary N) is 1. The minimum atomic E-state index is -0.146. The van der Waals surface area contributed by atoms with Crippen LogP contribution >= 0.6 is 11.6 Å². The van der Waals surface area contributed by atoms with Crippen molar-refractivity contribution in [2.75, 3.05) is 6.79 Å². The summed E-state index contributed by atoms with van der Waals surface area (Å²) in [5.74, 6) is 2.62. The van der Waals surface area contributed by atoms with Crippen molar-refractivity contribution in [2.45, 2.75) is 19.9 Å². The maximum atomic E-state index is 11.6. The van der Waals surface area contributed by atoms with Gasteiger partial charge in [-0.15, -0.1) is 0 Å². The topological polar surface area (TPSA) is 82.0 Å². The second kappa shape index (κ2) is 6.25. The fourth-order valence-electron chi connectivity index (χ4n) is 2.83. The number of fused-ring (bicyclic) bond motifs is 1. The number of rotatable bonds is 4. The summed E-state index contributed by atoms with van der Waals surface area (Å²) >= 11 is 6.38. The maximum absolute atomic E-state index is 11.6. The van der Waals surface area contributed by atoms with Crippen LogP contribution in [0.4, 0.5) is 0 Å². The average Bonchev–Trinajstić information content (AvgIpc) is 3.19. The van der Waals surface area contributed by atoms with Crippen LogP contribution in [-0.4, -0.2) is 26.3 Å². The number of H-pyrrole nitrogens is 1. The zero-order valence-electron chi connectivity index (χ0n) is 13.5. The molecule has 3 aromatic rings. The summed E-state index contributed by atoms with van der Waals surface area (Å²) in [6, 6.07) is 5.08. The van der Waals surface area contributed by atoms with Crippen molar-refractivity contribution in [1.29, 1.82) is 0 Å². The number of hydrogen-bond acceptors (Lipinski definition) is 5. The largest absolute Gasteiger partial charge is 0.454 e. The summed E-state index contributed by atoms with van der Waals surface area (Å²) in [6.45, 7) is 2.58. The third-order valence-electron chi connectivity index (χ3n) is 3.94. The van der Waals surface area contributed by atoms with E-state index in [1.54, 1.807) is 19.2 Å². The van der Waals surface area contributed by atoms with Crippen molar-refractivity contribution in [3.63, 3.8) is 0 Å². The SMILES string of the molecule is Cc1nc(CCn2ccnc2-c2cc3c(cc2Cl)OCO3)cc(=O)[nH]1. The fraction of sp³-hybridized carbons (Fsp3) is 0.235. The van der Waals surface area contributed by atoms with E-state index >= 15 is 0 Å². The van der Waals surface area contributed by atoms with E-state index in [4.69, 9.17) is 21.1 Å². The number of benzene rings is 1. The quantitative estimate of drug-likeness (QED) is 0.775. The Morgan fingerprint density at radius 3 is 2.88 bits per heavy atom. The van der Waals surface area contributed by atoms with E-state index in [-0.39, 0.29) is 12.4 Å². The number of hydrogen-bond donors (Lipinski definition) is 1. The molecule has 0 bridgehead atoms. The number of halogens is 1. The van der Waals surface area contributed by atoms with E-state index in [1.165, 1.54) is 6.07 Å². The molecule has 0 saturated heterocycles. The van der Waals surface area contributed by atoms with Crippen LogP contribution in [-0.2, 0) is 13.0 Å². The van der Waals surface area contributed by atoms with Crippen LogP contribution < -0.4 is 15.0 Å². The lowest BCUT2D eigenvalue weighted by molar-refractivity contribution is 0.174. The molecule has 1 aliphatic rings. The van der Waals surface area contributed by atoms with E-state index in [9.17, 15) is 4.79 Å². The van der Waals surface area contributed by atoms with Crippen LogP contribution in [0.2, 0.25) is 5.02 Å². The molecule has 0 fully saturated rings. The minimum absolute atomic E-state index is 0.146. The second-order valence-corrected chi connectivity index (χ2v) is 6.11. The van der Waals surface area contributed by atoms with Gasteiger partial charge in [0.1, 0.15) is 11.6 Å². The minimum Gasteiger partial charge on any atom is -0.454 e. The van der Waals surface area contributed by atoms with Crippen LogP contribution in [0.15, 0.2) is 35.4 Å². The first kappa shape index (κ1) is 15.7. The van der Waals surface area contributed by atoms with Crippen molar-refractivity contribution in [2.24, 2.45) is 0 Å². The fourth-order valence-corrected chi connectivity index (χ4v) is 3.06. The lowest BCUT2D eigenvalue weighted by Gasteiger charge is -2.10. The zero-order chi connectivity index (χ0) is 17.4. The number of imidazole rings is 1. The normalized spacial score (nSPS) is 12.6. The third kappa shape index (κ3) is 3.10. The zero-order valence-corrected chi connectivity index (χ0v) is 14.2. The predicted molar refractivity (Wildman–Crippen MR) is 92.1 cm³/mol. The molecule has 0 saturated carbocycles. The lowest BCUT2D eigenvalue weighted by atomic mass is 10.2. The molecule has 3 heterocycles. The summed E-state index contributed by atoms with van der Waals surface area (Å²) in [7, 11) is 0. The summed E-state index contributed by atoms with van der Waals surface area (Å²) in [5, 5.41) is 0.543. The monoisotopic (exact) mass is 358 g/mol. The Balaban J connectivity index is 1.62. The molecule has 8 heteroatoms. The van der Waals surface area contributed by atoms with E-state index in [0.717, 1.165) is 17.1 Å². The van der Waals surface area contributed by atoms with Crippen molar-refractivity contribution in [1.82, 2.24) is 19.5 Å². The van der Waals surface area contributed by atoms with Crippen molar-refractivity contribution in [3.8, 4) is 22.9 Å². The molecule has 0 aliphatic carbocycles. The van der Waals surface area contributed by atoms with E-state index in [0.29, 0.717) is 35.3 Å². The van der Waals surface area contributed by atoms with Gasteiger partial charge in [0, 0.05) is 48.7 Å². The second-order valence-electron chi connectivity index (χ2n) is 5.70. The number of nitrogens with zero attached hydrogens (tertiary/aromatic N) is 3. The molecule has 7 nitrogen and oxygen atoms in total. The van der Waals surface area contributed by atoms with Gasteiger partial charge in [-0.05, 0) is 13.0 Å². The van der Waals surface area contributed by atoms with Gasteiger partial charge in [-0.3, -0.25) is 4.79 Å². The predicted octanol–water partition coefficient (Wildman–Crippen LogP) is 2.57. The van der Waals surface area contributed by atoms with Gasteiger partial charge in [0.2, 0.25) is 6.79 Å². The van der Waals surface area contributed by atoms with Crippen LogP contribution in [0.3, 0.4) is 0 Å². The Kier molecular flexibility index (Phi) is 3.93. The molecule has 128 valence electrons. The Hall–Kier alpha value is -2.80. The average molecular weight is 359 g/mol. The van der Waals surface area contributed by atoms with Gasteiger partial charge in [0.05, 0.1) is 5.02 Å². The van der Waals surface area contributed by atoms with E-state index in [1.807, 2.05) is 16.8 Å². The molecule has 1 aliphatic heterocycles. The smallest absolute Gasteiger partial charge is 0.251 e. The van der Waals surface area contributed by atoms with Crippen LogP contribution in [0.1, 0.15) is 11.5 Å². The highest BCUT2D eigenvalue weighted by Crippen LogP contribution is 2.40. The molecule has 2 aromatic heterocycles. The molecule has 0 atom stereocenters. The van der Waals surface area contributed by atoms with Crippen molar-refractivity contribution in [3.05, 3.63) is 57.5 Å². The summed E-state index contributed by atoms with van der Waals surface area (Å²) < 4.78 is 12.7. The number of aryl methyl sites for hydroxylation is 3. The Bertz CT molecular complexity index is 996. The molecule has 4 rings (SSSR count). The summed E-state index contributed by atoms with van der Waals surface area (Å²) in [5.41, 5.74) is 1.36. The molecule has 0 spiro atoms. The molecule has 0 radical (unpaired) electrons. The van der Waals surface area contributed by atoms with Crippen molar-refractivity contribution < 1.29 is 9.47 Å². The molecular formula is C17H15ClN4O3. The van der Waals surface area contributed by atoms with Crippen LogP contribution in [0, 0.1) is 6.92 Å². The Morgan fingerprint density at radius 2 is 2.08 bits per heavy atom. The molecule has 25 heavy (non-hydrogen) atoms. The molecule has 0 unspecified atom stereocenters. The van der Waals surface area contributed by atoms with E-state index in [2.05, 4.69) is 15.0 Å². The number of ether oxygens (including phenoxy) is 2. The standard InChI is InChI=1S/C17H15ClN4O3/c1-10-20-11(6-16(23)21-10)2-4-22-5-3-19-17(22)12-7-14-15(8-13(12)18)25-9-24-14/h3,5-8H,2,4,9H2,1H3,(H,20,21,23). The van der Waals surface area contributed by atoms with Crippen molar-refractivity contribution >= 4 is 11.6 Å². The summed E-state index contributed by atoms with van der Waals surface area (Å²) in [4.78, 5) is 23.0. The molecular weight excluding hydrogens is 344 g/mol. The highest BCUT2D eigenvalue weighted by molar-refractivity contribution is 6.33. The van der Waals surface area contributed by atoms with Crippen LogP contribution in [0.25, 0.3) is 11.4 Å². The Labute approximate surface area is 148 Å². The van der Waals surface area contributed by atoms with Gasteiger partial charge in [0.25, 0.3) is 5.56 Å². The highest BCUT2D eigenvalue weighted by Gasteiger charge is 2.19. The van der Waals surface area contributed by atoms with Gasteiger partial charge in [-0.25, -0.2) is 9.97 Å². The Morgan fingerprint density at radius 1 is 1.28 bits per heavy atom. The first-order valence-electron chi connectivity index (χ1n) is 7.77. The van der Waals surface area contributed by atoms with Crippen LogP contribution in [0.5, 0.6) is 11.5 Å². The van der Waals surface area contributed by atoms with Gasteiger partial charge in [-0.1, -0.05) is 11.6 Å². The van der Waals surface area contributed by atoms with Gasteiger partial charge < -0.3 is 19.0 Å². The third-order valence-corrected chi connectivity index (χ3v) is 4.25. The van der Waals surface area contributed by atoms with E-state index < -0.39 is 0 Å². The summed E-state index contributed by atoms with van der Waals surface area (Å²) in [6.07, 6.45) is 4.19. The molecule has 1 aromatic carbocycles. The highest BCUT2D eigenvalue weighted by atomic mass is 35.5. The maximum Gasteiger partial charge on any atom is 0.251 e. The van der Waals surface area contributed by atoms with Gasteiger partial charge in [-0.2, -0.15) is 0 Å².